The fourth-order valence-electron chi connectivity index (χ4n) is 1.43. The Labute approximate surface area is 115 Å². The van der Waals surface area contributed by atoms with Crippen LogP contribution in [0, 0.1) is 0 Å². The normalized spacial score (nSPS) is 29.6. The molecule has 0 amide bonds. The zero-order chi connectivity index (χ0) is 11.7. The van der Waals surface area contributed by atoms with Crippen LogP contribution in [0.5, 0.6) is 0 Å². The van der Waals surface area contributed by atoms with Gasteiger partial charge in [0.1, 0.15) is 3.23 Å². The lowest BCUT2D eigenvalue weighted by molar-refractivity contribution is -0.147. The van der Waals surface area contributed by atoms with E-state index in [1.165, 1.54) is 0 Å². The highest BCUT2D eigenvalue weighted by Gasteiger charge is 2.51. The van der Waals surface area contributed by atoms with E-state index < -0.39 is 7.74 Å². The lowest BCUT2D eigenvalue weighted by Gasteiger charge is -2.42. The van der Waals surface area contributed by atoms with Crippen molar-refractivity contribution in [2.45, 2.75) is 40.4 Å². The highest BCUT2D eigenvalue weighted by molar-refractivity contribution is 9.26. The minimum Gasteiger partial charge on any atom is -0.442 e. The third-order valence-corrected chi connectivity index (χ3v) is 6.76. The van der Waals surface area contributed by atoms with Crippen LogP contribution in [0.1, 0.15) is 32.6 Å². The Morgan fingerprint density at radius 2 is 1.80 bits per heavy atom. The van der Waals surface area contributed by atoms with Gasteiger partial charge in [0, 0.05) is 5.57 Å². The second-order valence-corrected chi connectivity index (χ2v) is 8.86. The van der Waals surface area contributed by atoms with E-state index in [0.717, 1.165) is 25.7 Å². The molecule has 0 aromatic carbocycles. The molecule has 1 unspecified atom stereocenters. The summed E-state index contributed by atoms with van der Waals surface area (Å²) in [6, 6.07) is 0. The lowest BCUT2D eigenvalue weighted by Crippen LogP contribution is -2.46. The van der Waals surface area contributed by atoms with Crippen LogP contribution < -0.4 is 0 Å². The number of halogens is 3. The monoisotopic (exact) mass is 402 g/mol. The van der Waals surface area contributed by atoms with Crippen LogP contribution in [0.2, 0.25) is 0 Å². The van der Waals surface area contributed by atoms with E-state index in [2.05, 4.69) is 54.4 Å². The van der Waals surface area contributed by atoms with Gasteiger partial charge >= 0.3 is 5.97 Å². The molecule has 0 spiro atoms. The summed E-state index contributed by atoms with van der Waals surface area (Å²) in [4.78, 5) is 11.5. The summed E-state index contributed by atoms with van der Waals surface area (Å²) < 4.78 is 4.36. The van der Waals surface area contributed by atoms with Crippen molar-refractivity contribution in [3.8, 4) is 0 Å². The van der Waals surface area contributed by atoms with Gasteiger partial charge in [0.05, 0.1) is 0 Å². The maximum Gasteiger partial charge on any atom is 0.334 e. The molecule has 0 aromatic heterocycles. The predicted molar refractivity (Wildman–Crippen MR) is 71.6 cm³/mol. The second-order valence-electron chi connectivity index (χ2n) is 3.81. The molecule has 1 saturated carbocycles. The zero-order valence-corrected chi connectivity index (χ0v) is 13.2. The average molecular weight is 405 g/mol. The highest BCUT2D eigenvalue weighted by Crippen LogP contribution is 2.53. The van der Waals surface area contributed by atoms with Gasteiger partial charge in [-0.05, 0) is 42.1 Å². The predicted octanol–water partition coefficient (Wildman–Crippen LogP) is 4.26. The van der Waals surface area contributed by atoms with Gasteiger partial charge in [-0.2, -0.15) is 0 Å². The van der Waals surface area contributed by atoms with Crippen LogP contribution in [0.4, 0.5) is 0 Å². The van der Waals surface area contributed by atoms with Crippen molar-refractivity contribution < 1.29 is 9.53 Å². The first-order valence-corrected chi connectivity index (χ1v) is 7.12. The van der Waals surface area contributed by atoms with E-state index in [-0.39, 0.29) is 5.97 Å². The number of carbonyl (C=O) groups is 1. The van der Waals surface area contributed by atoms with Gasteiger partial charge in [0.25, 0.3) is 0 Å². The Balaban J connectivity index is 2.79. The van der Waals surface area contributed by atoms with Gasteiger partial charge < -0.3 is 4.74 Å². The average Bonchev–Trinajstić information content (AvgIpc) is 2.10. The van der Waals surface area contributed by atoms with Crippen LogP contribution >= 0.6 is 47.8 Å². The molecule has 86 valence electrons. The Bertz CT molecular complexity index is 288. The minimum absolute atomic E-state index is 0.364. The Morgan fingerprint density at radius 3 is 2.27 bits per heavy atom. The van der Waals surface area contributed by atoms with Crippen LogP contribution in [-0.4, -0.2) is 13.7 Å². The fourth-order valence-corrected chi connectivity index (χ4v) is 3.17. The summed E-state index contributed by atoms with van der Waals surface area (Å²) in [5.41, 5.74) is 0.412. The first-order chi connectivity index (χ1) is 6.78. The molecule has 1 aliphatic rings. The molecule has 15 heavy (non-hydrogen) atoms. The Kier molecular flexibility index (Phi) is 4.46. The summed E-state index contributed by atoms with van der Waals surface area (Å²) in [6.07, 6.45) is 3.83. The number of alkyl halides is 3. The van der Waals surface area contributed by atoms with Gasteiger partial charge in [-0.1, -0.05) is 44.9 Å². The van der Waals surface area contributed by atoms with Crippen molar-refractivity contribution in [2.24, 2.45) is 0 Å². The number of hydrogen-bond donors (Lipinski definition) is 0. The van der Waals surface area contributed by atoms with E-state index in [1.54, 1.807) is 6.92 Å². The molecule has 2 nitrogen and oxygen atoms in total. The standard InChI is InChI=1S/C10H13Br3O2/c1-7(2)8(14)15-10(13)6-4-3-5-9(10,11)12/h1,3-6H2,2H3. The van der Waals surface area contributed by atoms with Gasteiger partial charge in [0.15, 0.2) is 4.51 Å². The van der Waals surface area contributed by atoms with E-state index in [0.29, 0.717) is 5.57 Å². The van der Waals surface area contributed by atoms with Crippen molar-refractivity contribution >= 4 is 53.8 Å². The van der Waals surface area contributed by atoms with E-state index in [9.17, 15) is 4.79 Å². The van der Waals surface area contributed by atoms with Crippen LogP contribution in [0.15, 0.2) is 12.2 Å². The second kappa shape index (κ2) is 4.88. The van der Waals surface area contributed by atoms with Crippen molar-refractivity contribution in [1.29, 1.82) is 0 Å². The third kappa shape index (κ3) is 3.07. The molecule has 0 aliphatic heterocycles. The number of hydrogen-bond acceptors (Lipinski definition) is 2. The molecule has 0 saturated heterocycles. The van der Waals surface area contributed by atoms with Gasteiger partial charge in [-0.25, -0.2) is 4.79 Å². The summed E-state index contributed by atoms with van der Waals surface area (Å²) in [7, 11) is 0. The molecule has 0 radical (unpaired) electrons. The molecule has 0 heterocycles. The lowest BCUT2D eigenvalue weighted by atomic mass is 9.97. The minimum atomic E-state index is -0.686. The van der Waals surface area contributed by atoms with Crippen molar-refractivity contribution in [3.05, 3.63) is 12.2 Å². The highest BCUT2D eigenvalue weighted by atomic mass is 79.9. The topological polar surface area (TPSA) is 26.3 Å². The molecule has 0 aromatic rings. The third-order valence-electron chi connectivity index (χ3n) is 2.39. The van der Waals surface area contributed by atoms with Crippen LogP contribution in [0.3, 0.4) is 0 Å². The van der Waals surface area contributed by atoms with E-state index in [1.807, 2.05) is 0 Å². The van der Waals surface area contributed by atoms with Gasteiger partial charge in [-0.15, -0.1) is 0 Å². The fraction of sp³-hybridized carbons (Fsp3) is 0.700. The molecule has 1 fully saturated rings. The van der Waals surface area contributed by atoms with Crippen molar-refractivity contribution in [3.63, 3.8) is 0 Å². The molecule has 1 atom stereocenters. The summed E-state index contributed by atoms with van der Waals surface area (Å²) in [5, 5.41) is 0. The SMILES string of the molecule is C=C(C)C(=O)OC1(Br)CCCCC1(Br)Br. The smallest absolute Gasteiger partial charge is 0.334 e. The number of esters is 1. The molecule has 1 aliphatic carbocycles. The van der Waals surface area contributed by atoms with Gasteiger partial charge in [0.2, 0.25) is 0 Å². The maximum atomic E-state index is 11.5. The van der Waals surface area contributed by atoms with E-state index >= 15 is 0 Å². The largest absolute Gasteiger partial charge is 0.442 e. The first kappa shape index (κ1) is 13.7. The summed E-state index contributed by atoms with van der Waals surface area (Å²) >= 11 is 10.6. The van der Waals surface area contributed by atoms with Gasteiger partial charge in [-0.3, -0.25) is 0 Å². The Morgan fingerprint density at radius 1 is 1.27 bits per heavy atom. The quantitative estimate of drug-likeness (QED) is 0.390. The molecular weight excluding hydrogens is 392 g/mol. The summed E-state index contributed by atoms with van der Waals surface area (Å²) in [6.45, 7) is 5.22. The number of carbonyl (C=O) groups excluding carboxylic acids is 1. The molecule has 0 bridgehead atoms. The summed E-state index contributed by atoms with van der Waals surface area (Å²) in [5.74, 6) is -0.364. The van der Waals surface area contributed by atoms with E-state index in [4.69, 9.17) is 4.74 Å². The molecular formula is C10H13Br3O2. The maximum absolute atomic E-state index is 11.5. The zero-order valence-electron chi connectivity index (χ0n) is 8.49. The molecule has 0 N–H and O–H groups in total. The van der Waals surface area contributed by atoms with Crippen molar-refractivity contribution in [2.75, 3.05) is 0 Å². The van der Waals surface area contributed by atoms with Crippen molar-refractivity contribution in [1.82, 2.24) is 0 Å². The van der Waals surface area contributed by atoms with Crippen LogP contribution in [0.25, 0.3) is 0 Å². The molecule has 1 rings (SSSR count). The van der Waals surface area contributed by atoms with Crippen LogP contribution in [-0.2, 0) is 9.53 Å². The Hall–Kier alpha value is 0.650. The first-order valence-electron chi connectivity index (χ1n) is 4.74. The molecule has 5 heteroatoms. The number of ether oxygens (including phenoxy) is 1. The number of rotatable bonds is 2.